The first-order valence-corrected chi connectivity index (χ1v) is 7.79. The van der Waals surface area contributed by atoms with Gasteiger partial charge in [-0.1, -0.05) is 30.3 Å². The predicted molar refractivity (Wildman–Crippen MR) is 92.5 cm³/mol. The molecule has 1 atom stereocenters. The van der Waals surface area contributed by atoms with Gasteiger partial charge in [0.05, 0.1) is 18.1 Å². The number of nitriles is 1. The average Bonchev–Trinajstić information content (AvgIpc) is 2.66. The fourth-order valence-electron chi connectivity index (χ4n) is 2.12. The fourth-order valence-corrected chi connectivity index (χ4v) is 2.12. The molecule has 0 bridgehead atoms. The van der Waals surface area contributed by atoms with Crippen LogP contribution in [0.25, 0.3) is 0 Å². The average molecular weight is 351 g/mol. The van der Waals surface area contributed by atoms with E-state index in [1.54, 1.807) is 12.1 Å². The number of primary amides is 1. The van der Waals surface area contributed by atoms with Crippen molar-refractivity contribution in [3.8, 4) is 6.07 Å². The first-order valence-electron chi connectivity index (χ1n) is 7.79. The first-order chi connectivity index (χ1) is 12.5. The molecule has 0 aliphatic carbocycles. The van der Waals surface area contributed by atoms with Crippen LogP contribution in [0.4, 0.5) is 0 Å². The minimum atomic E-state index is -1.19. The Morgan fingerprint density at radius 2 is 1.73 bits per heavy atom. The Morgan fingerprint density at radius 1 is 1.08 bits per heavy atom. The molecule has 0 unspecified atom stereocenters. The Balaban J connectivity index is 1.93. The highest BCUT2D eigenvalue weighted by atomic mass is 16.5. The number of nitrogens with zero attached hydrogens (tertiary/aromatic N) is 1. The lowest BCUT2D eigenvalue weighted by Crippen LogP contribution is -2.45. The molecule has 2 amide bonds. The Labute approximate surface area is 150 Å². The van der Waals surface area contributed by atoms with Gasteiger partial charge in [-0.25, -0.2) is 0 Å². The summed E-state index contributed by atoms with van der Waals surface area (Å²) in [6, 6.07) is 15.6. The van der Waals surface area contributed by atoms with Crippen LogP contribution in [0.15, 0.2) is 54.6 Å². The molecule has 0 spiro atoms. The lowest BCUT2D eigenvalue weighted by molar-refractivity contribution is -0.146. The summed E-state index contributed by atoms with van der Waals surface area (Å²) >= 11 is 0. The zero-order valence-corrected chi connectivity index (χ0v) is 13.8. The van der Waals surface area contributed by atoms with Gasteiger partial charge in [0, 0.05) is 5.56 Å². The third-order valence-corrected chi connectivity index (χ3v) is 3.54. The number of hydrogen-bond donors (Lipinski definition) is 2. The summed E-state index contributed by atoms with van der Waals surface area (Å²) in [5.74, 6) is -2.07. The molecular weight excluding hydrogens is 334 g/mol. The van der Waals surface area contributed by atoms with E-state index in [1.165, 1.54) is 24.3 Å². The van der Waals surface area contributed by atoms with Crippen molar-refractivity contribution in [1.82, 2.24) is 5.32 Å². The summed E-state index contributed by atoms with van der Waals surface area (Å²) in [5, 5.41) is 11.2. The lowest BCUT2D eigenvalue weighted by Gasteiger charge is -2.15. The summed E-state index contributed by atoms with van der Waals surface area (Å²) in [6.45, 7) is 0.0642. The van der Waals surface area contributed by atoms with Crippen LogP contribution >= 0.6 is 0 Å². The van der Waals surface area contributed by atoms with E-state index in [1.807, 2.05) is 24.3 Å². The van der Waals surface area contributed by atoms with E-state index in [0.29, 0.717) is 5.56 Å². The number of hydrogen-bond acceptors (Lipinski definition) is 5. The van der Waals surface area contributed by atoms with Crippen LogP contribution in [0.5, 0.6) is 0 Å². The summed E-state index contributed by atoms with van der Waals surface area (Å²) in [5.41, 5.74) is 6.71. The molecule has 2 rings (SSSR count). The van der Waals surface area contributed by atoms with Crippen LogP contribution in [-0.2, 0) is 20.9 Å². The molecule has 26 heavy (non-hydrogen) atoms. The van der Waals surface area contributed by atoms with Crippen molar-refractivity contribution in [3.05, 3.63) is 71.3 Å². The van der Waals surface area contributed by atoms with Gasteiger partial charge in [0.15, 0.2) is 0 Å². The highest BCUT2D eigenvalue weighted by Gasteiger charge is 2.23. The van der Waals surface area contributed by atoms with Crippen molar-refractivity contribution < 1.29 is 19.1 Å². The van der Waals surface area contributed by atoms with Gasteiger partial charge in [-0.2, -0.15) is 5.26 Å². The number of amides is 2. The number of rotatable bonds is 7. The Bertz CT molecular complexity index is 826. The second kappa shape index (κ2) is 8.99. The van der Waals surface area contributed by atoms with Crippen LogP contribution in [0.2, 0.25) is 0 Å². The van der Waals surface area contributed by atoms with E-state index < -0.39 is 23.8 Å². The normalized spacial score (nSPS) is 11.0. The highest BCUT2D eigenvalue weighted by Crippen LogP contribution is 2.06. The van der Waals surface area contributed by atoms with Gasteiger partial charge >= 0.3 is 5.97 Å². The van der Waals surface area contributed by atoms with Crippen LogP contribution in [-0.4, -0.2) is 23.8 Å². The second-order valence-electron chi connectivity index (χ2n) is 5.47. The van der Waals surface area contributed by atoms with Crippen molar-refractivity contribution in [3.63, 3.8) is 0 Å². The van der Waals surface area contributed by atoms with E-state index in [-0.39, 0.29) is 18.6 Å². The first kappa shape index (κ1) is 18.7. The molecule has 0 radical (unpaired) electrons. The van der Waals surface area contributed by atoms with Gasteiger partial charge in [-0.05, 0) is 29.8 Å². The Morgan fingerprint density at radius 3 is 2.31 bits per heavy atom. The Kier molecular flexibility index (Phi) is 6.46. The third kappa shape index (κ3) is 5.46. The van der Waals surface area contributed by atoms with Crippen molar-refractivity contribution in [2.45, 2.75) is 19.1 Å². The molecule has 7 heteroatoms. The Hall–Kier alpha value is -3.66. The number of carbonyl (C=O) groups is 3. The molecule has 0 saturated heterocycles. The maximum Gasteiger partial charge on any atom is 0.308 e. The van der Waals surface area contributed by atoms with Crippen molar-refractivity contribution in [2.24, 2.45) is 5.73 Å². The number of carbonyl (C=O) groups excluding carboxylic acids is 3. The number of ether oxygens (including phenoxy) is 1. The molecule has 3 N–H and O–H groups in total. The molecule has 0 aliphatic rings. The van der Waals surface area contributed by atoms with Crippen LogP contribution < -0.4 is 11.1 Å². The van der Waals surface area contributed by atoms with Gasteiger partial charge in [0.25, 0.3) is 5.91 Å². The SMILES string of the molecule is N#Cc1ccc(C(=O)N[C@H](CC(=O)OCc2ccccc2)C(N)=O)cc1. The van der Waals surface area contributed by atoms with E-state index in [4.69, 9.17) is 15.7 Å². The molecule has 0 aliphatic heterocycles. The van der Waals surface area contributed by atoms with E-state index >= 15 is 0 Å². The monoisotopic (exact) mass is 351 g/mol. The quantitative estimate of drug-likeness (QED) is 0.728. The van der Waals surface area contributed by atoms with Gasteiger partial charge in [-0.15, -0.1) is 0 Å². The summed E-state index contributed by atoms with van der Waals surface area (Å²) < 4.78 is 5.09. The zero-order chi connectivity index (χ0) is 18.9. The van der Waals surface area contributed by atoms with Crippen molar-refractivity contribution in [1.29, 1.82) is 5.26 Å². The predicted octanol–water partition coefficient (Wildman–Crippen LogP) is 1.28. The molecule has 2 aromatic rings. The summed E-state index contributed by atoms with van der Waals surface area (Å²) in [4.78, 5) is 35.6. The molecule has 0 saturated carbocycles. The molecule has 7 nitrogen and oxygen atoms in total. The summed E-state index contributed by atoms with van der Waals surface area (Å²) in [6.07, 6.45) is -0.371. The van der Waals surface area contributed by atoms with E-state index in [0.717, 1.165) is 5.56 Å². The van der Waals surface area contributed by atoms with Crippen LogP contribution in [0, 0.1) is 11.3 Å². The topological polar surface area (TPSA) is 122 Å². The van der Waals surface area contributed by atoms with Crippen LogP contribution in [0.1, 0.15) is 27.9 Å². The number of nitrogens with two attached hydrogens (primary N) is 1. The third-order valence-electron chi connectivity index (χ3n) is 3.54. The highest BCUT2D eigenvalue weighted by molar-refractivity contribution is 5.98. The molecular formula is C19H17N3O4. The largest absolute Gasteiger partial charge is 0.461 e. The summed E-state index contributed by atoms with van der Waals surface area (Å²) in [7, 11) is 0. The molecule has 0 heterocycles. The smallest absolute Gasteiger partial charge is 0.308 e. The van der Waals surface area contributed by atoms with Gasteiger partial charge in [0.1, 0.15) is 12.6 Å². The minimum absolute atomic E-state index is 0.0642. The van der Waals surface area contributed by atoms with E-state index in [9.17, 15) is 14.4 Å². The van der Waals surface area contributed by atoms with Crippen molar-refractivity contribution >= 4 is 17.8 Å². The van der Waals surface area contributed by atoms with Gasteiger partial charge in [-0.3, -0.25) is 14.4 Å². The molecule has 0 aromatic heterocycles. The lowest BCUT2D eigenvalue weighted by atomic mass is 10.1. The standard InChI is InChI=1S/C19H17N3O4/c20-11-13-6-8-15(9-7-13)19(25)22-16(18(21)24)10-17(23)26-12-14-4-2-1-3-5-14/h1-9,16H,10,12H2,(H2,21,24)(H,22,25)/t16-/m1/s1. The number of nitrogens with one attached hydrogen (secondary N) is 1. The zero-order valence-electron chi connectivity index (χ0n) is 13.8. The molecule has 0 fully saturated rings. The van der Waals surface area contributed by atoms with Gasteiger partial charge in [0.2, 0.25) is 5.91 Å². The maximum absolute atomic E-state index is 12.2. The minimum Gasteiger partial charge on any atom is -0.461 e. The molecule has 132 valence electrons. The van der Waals surface area contributed by atoms with Gasteiger partial charge < -0.3 is 15.8 Å². The molecule has 2 aromatic carbocycles. The fraction of sp³-hybridized carbons (Fsp3) is 0.158. The maximum atomic E-state index is 12.2. The van der Waals surface area contributed by atoms with E-state index in [2.05, 4.69) is 5.32 Å². The second-order valence-corrected chi connectivity index (χ2v) is 5.47. The number of esters is 1. The van der Waals surface area contributed by atoms with Crippen molar-refractivity contribution in [2.75, 3.05) is 0 Å². The number of benzene rings is 2. The van der Waals surface area contributed by atoms with Crippen LogP contribution in [0.3, 0.4) is 0 Å².